The van der Waals surface area contributed by atoms with Gasteiger partial charge in [0.05, 0.1) is 6.61 Å². The third-order valence-electron chi connectivity index (χ3n) is 3.65. The van der Waals surface area contributed by atoms with Crippen LogP contribution in [-0.4, -0.2) is 19.7 Å². The Hall–Kier alpha value is -1.02. The predicted octanol–water partition coefficient (Wildman–Crippen LogP) is 1.70. The van der Waals surface area contributed by atoms with Crippen molar-refractivity contribution in [1.82, 2.24) is 5.32 Å². The van der Waals surface area contributed by atoms with Crippen molar-refractivity contribution in [1.29, 1.82) is 0 Å². The predicted molar refractivity (Wildman–Crippen MR) is 55.7 cm³/mol. The van der Waals surface area contributed by atoms with Crippen molar-refractivity contribution < 1.29 is 4.74 Å². The molecule has 14 heavy (non-hydrogen) atoms. The zero-order chi connectivity index (χ0) is 9.60. The fourth-order valence-corrected chi connectivity index (χ4v) is 2.74. The maximum absolute atomic E-state index is 5.66. The average molecular weight is 189 g/mol. The number of hydrogen-bond donors (Lipinski definition) is 1. The van der Waals surface area contributed by atoms with Crippen molar-refractivity contribution in [2.45, 2.75) is 24.3 Å². The van der Waals surface area contributed by atoms with Gasteiger partial charge in [-0.2, -0.15) is 0 Å². The van der Waals surface area contributed by atoms with E-state index in [0.29, 0.717) is 11.5 Å². The topological polar surface area (TPSA) is 21.3 Å². The molecule has 1 aliphatic heterocycles. The van der Waals surface area contributed by atoms with Crippen molar-refractivity contribution in [3.63, 3.8) is 0 Å². The number of rotatable bonds is 1. The molecule has 0 aromatic heterocycles. The van der Waals surface area contributed by atoms with Crippen LogP contribution in [0.25, 0.3) is 0 Å². The van der Waals surface area contributed by atoms with E-state index in [-0.39, 0.29) is 0 Å². The molecule has 2 heteroatoms. The minimum Gasteiger partial charge on any atom is -0.493 e. The number of fused-ring (bicyclic) bond motifs is 2. The van der Waals surface area contributed by atoms with E-state index in [9.17, 15) is 0 Å². The van der Waals surface area contributed by atoms with E-state index < -0.39 is 0 Å². The third-order valence-corrected chi connectivity index (χ3v) is 3.65. The number of benzene rings is 1. The van der Waals surface area contributed by atoms with Gasteiger partial charge in [0.2, 0.25) is 0 Å². The maximum Gasteiger partial charge on any atom is 0.123 e. The molecule has 1 aromatic carbocycles. The first-order valence-electron chi connectivity index (χ1n) is 5.26. The number of nitrogens with one attached hydrogen (secondary N) is 1. The molecule has 2 aliphatic rings. The zero-order valence-electron chi connectivity index (χ0n) is 8.42. The lowest BCUT2D eigenvalue weighted by Gasteiger charge is -2.26. The Bertz CT molecular complexity index is 363. The summed E-state index contributed by atoms with van der Waals surface area (Å²) in [6.45, 7) is 0.870. The number of likely N-dealkylation sites (N-methyl/N-ethyl adjacent to an activating group) is 1. The van der Waals surface area contributed by atoms with Gasteiger partial charge in [-0.05, 0) is 26.0 Å². The van der Waals surface area contributed by atoms with E-state index in [4.69, 9.17) is 4.74 Å². The molecule has 1 saturated carbocycles. The van der Waals surface area contributed by atoms with Crippen LogP contribution in [0.4, 0.5) is 0 Å². The summed E-state index contributed by atoms with van der Waals surface area (Å²) in [7, 11) is 2.05. The Balaban J connectivity index is 2.05. The van der Waals surface area contributed by atoms with Crippen LogP contribution in [0.2, 0.25) is 0 Å². The molecular weight excluding hydrogens is 174 g/mol. The summed E-state index contributed by atoms with van der Waals surface area (Å²) in [6, 6.07) is 9.12. The fraction of sp³-hybridized carbons (Fsp3) is 0.500. The summed E-state index contributed by atoms with van der Waals surface area (Å²) in [5.41, 5.74) is 1.80. The van der Waals surface area contributed by atoms with E-state index in [2.05, 4.69) is 36.6 Å². The van der Waals surface area contributed by atoms with E-state index >= 15 is 0 Å². The van der Waals surface area contributed by atoms with E-state index in [1.54, 1.807) is 0 Å². The van der Waals surface area contributed by atoms with Crippen molar-refractivity contribution in [2.24, 2.45) is 0 Å². The standard InChI is InChI=1S/C12H15NO/c1-13-11-8-12(11)6-7-14-10-5-3-2-4-9(10)12/h2-5,11,13H,6-8H2,1H3/t11-,12-/m0/s1. The molecule has 1 aliphatic carbocycles. The Labute approximate surface area is 84.3 Å². The zero-order valence-corrected chi connectivity index (χ0v) is 8.42. The second-order valence-electron chi connectivity index (χ2n) is 4.30. The average Bonchev–Trinajstić information content (AvgIpc) is 2.94. The highest BCUT2D eigenvalue weighted by atomic mass is 16.5. The van der Waals surface area contributed by atoms with E-state index in [0.717, 1.165) is 18.8 Å². The van der Waals surface area contributed by atoms with Crippen LogP contribution in [0, 0.1) is 0 Å². The summed E-state index contributed by atoms with van der Waals surface area (Å²) in [5.74, 6) is 1.09. The lowest BCUT2D eigenvalue weighted by Crippen LogP contribution is -2.28. The molecule has 2 atom stereocenters. The van der Waals surface area contributed by atoms with Crippen molar-refractivity contribution >= 4 is 0 Å². The van der Waals surface area contributed by atoms with Gasteiger partial charge >= 0.3 is 0 Å². The molecule has 74 valence electrons. The second-order valence-corrected chi connectivity index (χ2v) is 4.30. The highest BCUT2D eigenvalue weighted by Crippen LogP contribution is 2.55. The van der Waals surface area contributed by atoms with Crippen LogP contribution in [0.1, 0.15) is 18.4 Å². The summed E-state index contributed by atoms with van der Waals surface area (Å²) in [6.07, 6.45) is 2.43. The van der Waals surface area contributed by atoms with Crippen LogP contribution < -0.4 is 10.1 Å². The molecule has 0 amide bonds. The first-order valence-corrected chi connectivity index (χ1v) is 5.26. The van der Waals surface area contributed by atoms with Gasteiger partial charge in [0.1, 0.15) is 5.75 Å². The monoisotopic (exact) mass is 189 g/mol. The molecule has 0 unspecified atom stereocenters. The maximum atomic E-state index is 5.66. The van der Waals surface area contributed by atoms with Gasteiger partial charge in [0.25, 0.3) is 0 Å². The molecule has 0 radical (unpaired) electrons. The number of hydrogen-bond acceptors (Lipinski definition) is 2. The summed E-state index contributed by atoms with van der Waals surface area (Å²) in [5, 5.41) is 3.38. The van der Waals surface area contributed by atoms with Gasteiger partial charge < -0.3 is 10.1 Å². The molecule has 0 bridgehead atoms. The minimum atomic E-state index is 0.392. The van der Waals surface area contributed by atoms with Crippen molar-refractivity contribution in [3.8, 4) is 5.75 Å². The molecule has 0 saturated heterocycles. The molecule has 1 aromatic rings. The van der Waals surface area contributed by atoms with E-state index in [1.807, 2.05) is 0 Å². The summed E-state index contributed by atoms with van der Waals surface area (Å²) >= 11 is 0. The van der Waals surface area contributed by atoms with Crippen LogP contribution in [-0.2, 0) is 5.41 Å². The molecule has 3 rings (SSSR count). The quantitative estimate of drug-likeness (QED) is 0.726. The molecule has 1 spiro atoms. The van der Waals surface area contributed by atoms with Crippen LogP contribution >= 0.6 is 0 Å². The van der Waals surface area contributed by atoms with Crippen LogP contribution in [0.15, 0.2) is 24.3 Å². The summed E-state index contributed by atoms with van der Waals surface area (Å²) < 4.78 is 5.66. The second kappa shape index (κ2) is 2.74. The first-order chi connectivity index (χ1) is 6.87. The van der Waals surface area contributed by atoms with Gasteiger partial charge in [-0.1, -0.05) is 18.2 Å². The Morgan fingerprint density at radius 3 is 3.07 bits per heavy atom. The van der Waals surface area contributed by atoms with Gasteiger partial charge in [-0.25, -0.2) is 0 Å². The van der Waals surface area contributed by atoms with Crippen molar-refractivity contribution in [2.75, 3.05) is 13.7 Å². The van der Waals surface area contributed by atoms with Gasteiger partial charge in [-0.3, -0.25) is 0 Å². The van der Waals surface area contributed by atoms with Gasteiger partial charge in [0.15, 0.2) is 0 Å². The molecule has 2 nitrogen and oxygen atoms in total. The number of para-hydroxylation sites is 1. The Morgan fingerprint density at radius 1 is 1.43 bits per heavy atom. The molecular formula is C12H15NO. The Morgan fingerprint density at radius 2 is 2.29 bits per heavy atom. The largest absolute Gasteiger partial charge is 0.493 e. The minimum absolute atomic E-state index is 0.392. The molecule has 1 fully saturated rings. The van der Waals surface area contributed by atoms with E-state index in [1.165, 1.54) is 12.0 Å². The van der Waals surface area contributed by atoms with Crippen molar-refractivity contribution in [3.05, 3.63) is 29.8 Å². The first kappa shape index (κ1) is 8.30. The number of ether oxygens (including phenoxy) is 1. The Kier molecular flexibility index (Phi) is 1.62. The third kappa shape index (κ3) is 0.947. The summed E-state index contributed by atoms with van der Waals surface area (Å²) in [4.78, 5) is 0. The fourth-order valence-electron chi connectivity index (χ4n) is 2.74. The van der Waals surface area contributed by atoms with Crippen LogP contribution in [0.3, 0.4) is 0 Å². The van der Waals surface area contributed by atoms with Gasteiger partial charge in [-0.15, -0.1) is 0 Å². The smallest absolute Gasteiger partial charge is 0.123 e. The molecule has 1 N–H and O–H groups in total. The normalized spacial score (nSPS) is 33.6. The van der Waals surface area contributed by atoms with Crippen LogP contribution in [0.5, 0.6) is 5.75 Å². The lowest BCUT2D eigenvalue weighted by molar-refractivity contribution is 0.256. The lowest BCUT2D eigenvalue weighted by atomic mass is 9.89. The van der Waals surface area contributed by atoms with Gasteiger partial charge in [0, 0.05) is 17.0 Å². The highest BCUT2D eigenvalue weighted by molar-refractivity contribution is 5.47. The highest BCUT2D eigenvalue weighted by Gasteiger charge is 2.56. The molecule has 1 heterocycles. The SMILES string of the molecule is CN[C@H]1C[C@]12CCOc1ccccc12.